The van der Waals surface area contributed by atoms with E-state index < -0.39 is 0 Å². The first-order valence-corrected chi connectivity index (χ1v) is 7.15. The van der Waals surface area contributed by atoms with Gasteiger partial charge in [-0.1, -0.05) is 49.3 Å². The molecule has 0 rings (SSSR count). The van der Waals surface area contributed by atoms with Crippen LogP contribution in [-0.2, 0) is 0 Å². The molecule has 0 atom stereocenters. The van der Waals surface area contributed by atoms with E-state index in [1.165, 1.54) is 24.0 Å². The average molecular weight is 248 g/mol. The van der Waals surface area contributed by atoms with Crippen LogP contribution >= 0.6 is 0 Å². The van der Waals surface area contributed by atoms with Gasteiger partial charge in [-0.2, -0.15) is 0 Å². The first-order chi connectivity index (χ1) is 8.62. The smallest absolute Gasteiger partial charge is 0.0288 e. The van der Waals surface area contributed by atoms with Gasteiger partial charge in [0.05, 0.1) is 0 Å². The third-order valence-corrected chi connectivity index (χ3v) is 2.72. The number of unbranched alkanes of at least 4 members (excludes halogenated alkanes) is 1. The van der Waals surface area contributed by atoms with Crippen LogP contribution in [0.1, 0.15) is 66.2 Å². The lowest BCUT2D eigenvalue weighted by Crippen LogP contribution is -1.73. The quantitative estimate of drug-likeness (QED) is 0.334. The first-order valence-electron chi connectivity index (χ1n) is 7.15. The SMILES string of the molecule is C=CCCC(C)=CCC.C=CCCC=C(C)CC. The number of hydrogen-bond donors (Lipinski definition) is 0. The number of allylic oxidation sites excluding steroid dienone is 6. The molecule has 0 heteroatoms. The van der Waals surface area contributed by atoms with Crippen LogP contribution in [0.3, 0.4) is 0 Å². The van der Waals surface area contributed by atoms with Crippen molar-refractivity contribution in [2.45, 2.75) is 66.2 Å². The summed E-state index contributed by atoms with van der Waals surface area (Å²) in [6, 6.07) is 0. The highest BCUT2D eigenvalue weighted by molar-refractivity contribution is 4.98. The molecule has 0 spiro atoms. The molecule has 0 fully saturated rings. The van der Waals surface area contributed by atoms with Gasteiger partial charge in [0.15, 0.2) is 0 Å². The van der Waals surface area contributed by atoms with Gasteiger partial charge in [-0.3, -0.25) is 0 Å². The highest BCUT2D eigenvalue weighted by Gasteiger charge is 1.83. The number of hydrogen-bond acceptors (Lipinski definition) is 0. The van der Waals surface area contributed by atoms with Crippen LogP contribution in [0, 0.1) is 0 Å². The molecule has 0 aromatic rings. The van der Waals surface area contributed by atoms with Crippen LogP contribution in [0.5, 0.6) is 0 Å². The van der Waals surface area contributed by atoms with Crippen LogP contribution in [0.4, 0.5) is 0 Å². The van der Waals surface area contributed by atoms with E-state index in [4.69, 9.17) is 0 Å². The minimum atomic E-state index is 1.11. The normalized spacial score (nSPS) is 11.6. The maximum Gasteiger partial charge on any atom is -0.0288 e. The fraction of sp³-hybridized carbons (Fsp3) is 0.556. The Bertz CT molecular complexity index is 253. The molecule has 0 heterocycles. The lowest BCUT2D eigenvalue weighted by molar-refractivity contribution is 0.963. The second-order valence-corrected chi connectivity index (χ2v) is 4.56. The maximum absolute atomic E-state index is 3.67. The van der Waals surface area contributed by atoms with Crippen molar-refractivity contribution in [2.24, 2.45) is 0 Å². The van der Waals surface area contributed by atoms with Crippen molar-refractivity contribution < 1.29 is 0 Å². The van der Waals surface area contributed by atoms with E-state index in [-0.39, 0.29) is 0 Å². The van der Waals surface area contributed by atoms with E-state index in [9.17, 15) is 0 Å². The monoisotopic (exact) mass is 248 g/mol. The van der Waals surface area contributed by atoms with Gasteiger partial charge in [-0.05, 0) is 52.4 Å². The average Bonchev–Trinajstić information content (AvgIpc) is 2.37. The second kappa shape index (κ2) is 16.0. The minimum Gasteiger partial charge on any atom is -0.103 e. The first kappa shape index (κ1) is 19.3. The summed E-state index contributed by atoms with van der Waals surface area (Å²) in [5.74, 6) is 0. The summed E-state index contributed by atoms with van der Waals surface area (Å²) in [5, 5.41) is 0. The van der Waals surface area contributed by atoms with Crippen molar-refractivity contribution in [1.29, 1.82) is 0 Å². The van der Waals surface area contributed by atoms with Gasteiger partial charge in [0, 0.05) is 0 Å². The maximum atomic E-state index is 3.67. The van der Waals surface area contributed by atoms with E-state index in [0.717, 1.165) is 25.7 Å². The summed E-state index contributed by atoms with van der Waals surface area (Å²) in [6.45, 7) is 16.0. The Morgan fingerprint density at radius 2 is 1.44 bits per heavy atom. The van der Waals surface area contributed by atoms with Gasteiger partial charge in [0.25, 0.3) is 0 Å². The largest absolute Gasteiger partial charge is 0.103 e. The Morgan fingerprint density at radius 1 is 0.833 bits per heavy atom. The summed E-state index contributed by atoms with van der Waals surface area (Å²) < 4.78 is 0. The standard InChI is InChI=1S/2C9H16/c1-4-6-7-8-9(3)5-2;1-4-6-8-9(3)7-5-2/h4,8H,1,5-7H2,2-3H3;4,7H,1,5-6,8H2,2-3H3. The molecule has 0 amide bonds. The highest BCUT2D eigenvalue weighted by atomic mass is 13.9. The fourth-order valence-electron chi connectivity index (χ4n) is 1.37. The molecule has 0 nitrogen and oxygen atoms in total. The van der Waals surface area contributed by atoms with Crippen molar-refractivity contribution >= 4 is 0 Å². The van der Waals surface area contributed by atoms with Crippen LogP contribution in [0.25, 0.3) is 0 Å². The van der Waals surface area contributed by atoms with Gasteiger partial charge in [-0.25, -0.2) is 0 Å². The van der Waals surface area contributed by atoms with E-state index in [1.54, 1.807) is 0 Å². The summed E-state index contributed by atoms with van der Waals surface area (Å²) in [5.41, 5.74) is 2.97. The minimum absolute atomic E-state index is 1.11. The van der Waals surface area contributed by atoms with E-state index in [0.29, 0.717) is 0 Å². The Kier molecular flexibility index (Phi) is 17.1. The molecule has 0 aliphatic carbocycles. The van der Waals surface area contributed by atoms with Crippen LogP contribution in [0.15, 0.2) is 48.6 Å². The summed E-state index contributed by atoms with van der Waals surface area (Å²) in [4.78, 5) is 0. The molecule has 0 aliphatic heterocycles. The van der Waals surface area contributed by atoms with Crippen molar-refractivity contribution in [3.63, 3.8) is 0 Å². The van der Waals surface area contributed by atoms with Crippen LogP contribution < -0.4 is 0 Å². The Balaban J connectivity index is 0. The molecule has 0 saturated heterocycles. The molecule has 18 heavy (non-hydrogen) atoms. The van der Waals surface area contributed by atoms with E-state index in [2.05, 4.69) is 53.0 Å². The van der Waals surface area contributed by atoms with Crippen molar-refractivity contribution in [3.05, 3.63) is 48.6 Å². The Labute approximate surface area is 115 Å². The second-order valence-electron chi connectivity index (χ2n) is 4.56. The molecular formula is C18H32. The highest BCUT2D eigenvalue weighted by Crippen LogP contribution is 2.04. The Hall–Kier alpha value is -1.04. The summed E-state index contributed by atoms with van der Waals surface area (Å²) in [7, 11) is 0. The molecule has 0 bridgehead atoms. The molecule has 0 saturated carbocycles. The molecule has 0 N–H and O–H groups in total. The van der Waals surface area contributed by atoms with Crippen molar-refractivity contribution in [2.75, 3.05) is 0 Å². The van der Waals surface area contributed by atoms with E-state index in [1.807, 2.05) is 12.2 Å². The third-order valence-electron chi connectivity index (χ3n) is 2.72. The Morgan fingerprint density at radius 3 is 1.89 bits per heavy atom. The summed E-state index contributed by atoms with van der Waals surface area (Å²) in [6.07, 6.45) is 15.4. The van der Waals surface area contributed by atoms with Gasteiger partial charge >= 0.3 is 0 Å². The lowest BCUT2D eigenvalue weighted by Gasteiger charge is -1.94. The zero-order valence-corrected chi connectivity index (χ0v) is 13.0. The van der Waals surface area contributed by atoms with Crippen LogP contribution in [0.2, 0.25) is 0 Å². The van der Waals surface area contributed by atoms with Gasteiger partial charge in [0.1, 0.15) is 0 Å². The van der Waals surface area contributed by atoms with Crippen molar-refractivity contribution in [3.8, 4) is 0 Å². The topological polar surface area (TPSA) is 0 Å². The van der Waals surface area contributed by atoms with Gasteiger partial charge < -0.3 is 0 Å². The molecule has 104 valence electrons. The predicted molar refractivity (Wildman–Crippen MR) is 87.0 cm³/mol. The number of rotatable bonds is 8. The molecular weight excluding hydrogens is 216 g/mol. The summed E-state index contributed by atoms with van der Waals surface area (Å²) >= 11 is 0. The fourth-order valence-corrected chi connectivity index (χ4v) is 1.37. The zero-order chi connectivity index (χ0) is 14.2. The zero-order valence-electron chi connectivity index (χ0n) is 13.0. The molecule has 0 aliphatic rings. The third kappa shape index (κ3) is 17.4. The van der Waals surface area contributed by atoms with Crippen LogP contribution in [-0.4, -0.2) is 0 Å². The molecule has 0 aromatic carbocycles. The molecule has 0 unspecified atom stereocenters. The van der Waals surface area contributed by atoms with Gasteiger partial charge in [-0.15, -0.1) is 13.2 Å². The lowest BCUT2D eigenvalue weighted by atomic mass is 10.1. The van der Waals surface area contributed by atoms with Gasteiger partial charge in [0.2, 0.25) is 0 Å². The van der Waals surface area contributed by atoms with E-state index >= 15 is 0 Å². The molecule has 0 aromatic heterocycles. The molecule has 0 radical (unpaired) electrons. The van der Waals surface area contributed by atoms with Crippen molar-refractivity contribution in [1.82, 2.24) is 0 Å². The predicted octanol–water partition coefficient (Wildman–Crippen LogP) is 6.62.